The van der Waals surface area contributed by atoms with E-state index in [4.69, 9.17) is 0 Å². The number of para-hydroxylation sites is 1. The van der Waals surface area contributed by atoms with Gasteiger partial charge in [-0.05, 0) is 72.3 Å². The zero-order valence-electron chi connectivity index (χ0n) is 21.8. The molecule has 0 bridgehead atoms. The number of nitrogens with zero attached hydrogens (tertiary/aromatic N) is 1. The van der Waals surface area contributed by atoms with Gasteiger partial charge in [0.15, 0.2) is 0 Å². The highest BCUT2D eigenvalue weighted by Gasteiger charge is 2.32. The average Bonchev–Trinajstić information content (AvgIpc) is 3.06. The average molecular weight is 528 g/mol. The minimum Gasteiger partial charge on any atom is -0.343 e. The summed E-state index contributed by atoms with van der Waals surface area (Å²) < 4.78 is 0. The lowest BCUT2D eigenvalue weighted by Crippen LogP contribution is -2.52. The van der Waals surface area contributed by atoms with Crippen LogP contribution >= 0.6 is 12.4 Å². The van der Waals surface area contributed by atoms with E-state index in [0.29, 0.717) is 13.0 Å². The van der Waals surface area contributed by atoms with Crippen LogP contribution in [-0.4, -0.2) is 30.9 Å². The predicted octanol–water partition coefficient (Wildman–Crippen LogP) is 5.42. The number of anilines is 1. The second kappa shape index (κ2) is 12.2. The molecule has 0 aliphatic carbocycles. The fourth-order valence-electron chi connectivity index (χ4n) is 5.14. The first-order chi connectivity index (χ1) is 18.0. The van der Waals surface area contributed by atoms with E-state index in [0.717, 1.165) is 35.0 Å². The fourth-order valence-corrected chi connectivity index (χ4v) is 5.14. The molecule has 0 saturated heterocycles. The van der Waals surface area contributed by atoms with Gasteiger partial charge in [0, 0.05) is 5.69 Å². The molecule has 0 aromatic heterocycles. The van der Waals surface area contributed by atoms with E-state index in [1.54, 1.807) is 14.0 Å². The van der Waals surface area contributed by atoms with Gasteiger partial charge in [-0.1, -0.05) is 84.9 Å². The zero-order chi connectivity index (χ0) is 25.8. The first-order valence-electron chi connectivity index (χ1n) is 13.0. The highest BCUT2D eigenvalue weighted by atomic mass is 35.5. The summed E-state index contributed by atoms with van der Waals surface area (Å²) in [5, 5.41) is 8.30. The normalized spacial score (nSPS) is 15.8. The van der Waals surface area contributed by atoms with Crippen LogP contribution in [0.4, 0.5) is 5.69 Å². The third kappa shape index (κ3) is 5.74. The molecule has 5 nitrogen and oxygen atoms in total. The molecule has 5 rings (SSSR count). The molecule has 6 heteroatoms. The Bertz CT molecular complexity index is 1420. The van der Waals surface area contributed by atoms with Crippen molar-refractivity contribution in [3.8, 4) is 0 Å². The Balaban J connectivity index is 0.00000336. The highest BCUT2D eigenvalue weighted by molar-refractivity contribution is 6.01. The summed E-state index contributed by atoms with van der Waals surface area (Å²) in [4.78, 5) is 28.4. The molecule has 0 saturated carbocycles. The SMILES string of the molecule is CNC(C)C(=O)NC1CCc2ccccc2N(Cc2ccc(Cc3ccccc3)c3ccccc23)C1=O.Cl. The Morgan fingerprint density at radius 1 is 0.895 bits per heavy atom. The van der Waals surface area contributed by atoms with E-state index in [2.05, 4.69) is 77.4 Å². The molecule has 0 fully saturated rings. The fraction of sp³-hybridized carbons (Fsp3) is 0.250. The third-order valence-electron chi connectivity index (χ3n) is 7.36. The highest BCUT2D eigenvalue weighted by Crippen LogP contribution is 2.31. The molecule has 2 atom stereocenters. The van der Waals surface area contributed by atoms with E-state index in [1.807, 2.05) is 29.2 Å². The van der Waals surface area contributed by atoms with Crippen LogP contribution in [0.2, 0.25) is 0 Å². The van der Waals surface area contributed by atoms with Gasteiger partial charge in [-0.3, -0.25) is 9.59 Å². The maximum atomic E-state index is 13.9. The van der Waals surface area contributed by atoms with Gasteiger partial charge in [0.25, 0.3) is 0 Å². The van der Waals surface area contributed by atoms with Crippen molar-refractivity contribution in [2.75, 3.05) is 11.9 Å². The van der Waals surface area contributed by atoms with Crippen molar-refractivity contribution in [1.82, 2.24) is 10.6 Å². The lowest BCUT2D eigenvalue weighted by Gasteiger charge is -2.27. The summed E-state index contributed by atoms with van der Waals surface area (Å²) >= 11 is 0. The number of carbonyl (C=O) groups is 2. The molecule has 38 heavy (non-hydrogen) atoms. The molecule has 0 spiro atoms. The van der Waals surface area contributed by atoms with Crippen molar-refractivity contribution in [3.63, 3.8) is 0 Å². The van der Waals surface area contributed by atoms with Gasteiger partial charge in [0.05, 0.1) is 12.6 Å². The van der Waals surface area contributed by atoms with Crippen molar-refractivity contribution in [2.24, 2.45) is 0 Å². The first-order valence-corrected chi connectivity index (χ1v) is 13.0. The second-order valence-corrected chi connectivity index (χ2v) is 9.76. The van der Waals surface area contributed by atoms with Crippen LogP contribution in [-0.2, 0) is 29.0 Å². The second-order valence-electron chi connectivity index (χ2n) is 9.76. The predicted molar refractivity (Wildman–Crippen MR) is 157 cm³/mol. The van der Waals surface area contributed by atoms with Gasteiger partial charge in [-0.15, -0.1) is 12.4 Å². The minimum atomic E-state index is -0.570. The Hall–Kier alpha value is -3.67. The summed E-state index contributed by atoms with van der Waals surface area (Å²) in [6, 6.07) is 30.4. The summed E-state index contributed by atoms with van der Waals surface area (Å²) in [7, 11) is 1.74. The summed E-state index contributed by atoms with van der Waals surface area (Å²) in [6.07, 6.45) is 2.16. The van der Waals surface area contributed by atoms with E-state index >= 15 is 0 Å². The van der Waals surface area contributed by atoms with Gasteiger partial charge in [0.2, 0.25) is 11.8 Å². The number of nitrogens with one attached hydrogen (secondary N) is 2. The summed E-state index contributed by atoms with van der Waals surface area (Å²) in [5.41, 5.74) is 5.67. The van der Waals surface area contributed by atoms with Crippen molar-refractivity contribution >= 4 is 40.7 Å². The molecule has 1 aliphatic heterocycles. The van der Waals surface area contributed by atoms with E-state index in [-0.39, 0.29) is 30.3 Å². The monoisotopic (exact) mass is 527 g/mol. The molecule has 4 aromatic carbocycles. The molecule has 1 aliphatic rings. The first kappa shape index (κ1) is 27.4. The summed E-state index contributed by atoms with van der Waals surface area (Å²) in [6.45, 7) is 2.24. The van der Waals surface area contributed by atoms with Gasteiger partial charge >= 0.3 is 0 Å². The zero-order valence-corrected chi connectivity index (χ0v) is 22.6. The van der Waals surface area contributed by atoms with E-state index in [9.17, 15) is 9.59 Å². The molecule has 196 valence electrons. The van der Waals surface area contributed by atoms with Gasteiger partial charge in [-0.2, -0.15) is 0 Å². The van der Waals surface area contributed by atoms with Gasteiger partial charge in [0.1, 0.15) is 6.04 Å². The number of fused-ring (bicyclic) bond motifs is 2. The van der Waals surface area contributed by atoms with Crippen molar-refractivity contribution in [2.45, 2.75) is 44.8 Å². The van der Waals surface area contributed by atoms with Gasteiger partial charge < -0.3 is 15.5 Å². The maximum Gasteiger partial charge on any atom is 0.249 e. The van der Waals surface area contributed by atoms with Crippen LogP contribution in [0.15, 0.2) is 91.0 Å². The van der Waals surface area contributed by atoms with Crippen LogP contribution in [0.5, 0.6) is 0 Å². The largest absolute Gasteiger partial charge is 0.343 e. The maximum absolute atomic E-state index is 13.9. The molecule has 2 unspecified atom stereocenters. The van der Waals surface area contributed by atoms with Crippen molar-refractivity contribution in [1.29, 1.82) is 0 Å². The Morgan fingerprint density at radius 2 is 1.53 bits per heavy atom. The number of halogens is 1. The molecule has 2 N–H and O–H groups in total. The Morgan fingerprint density at radius 3 is 2.26 bits per heavy atom. The number of hydrogen-bond acceptors (Lipinski definition) is 3. The lowest BCUT2D eigenvalue weighted by atomic mass is 9.95. The molecular formula is C32H34ClN3O2. The standard InChI is InChI=1S/C32H33N3O2.ClH/c1-22(33-2)31(36)34-29-19-18-24-12-6-9-15-30(24)35(32(29)37)21-26-17-16-25(20-23-10-4-3-5-11-23)27-13-7-8-14-28(26)27;/h3-17,22,29,33H,18-21H2,1-2H3,(H,34,36);1H. The quantitative estimate of drug-likeness (QED) is 0.337. The Kier molecular flexibility index (Phi) is 8.82. The lowest BCUT2D eigenvalue weighted by molar-refractivity contribution is -0.128. The summed E-state index contributed by atoms with van der Waals surface area (Å²) in [5.74, 6) is -0.235. The molecule has 2 amide bonds. The number of benzene rings is 4. The van der Waals surface area contributed by atoms with E-state index < -0.39 is 6.04 Å². The Labute approximate surface area is 230 Å². The number of likely N-dealkylation sites (N-methyl/N-ethyl adjacent to an activating group) is 1. The number of rotatable bonds is 7. The molecular weight excluding hydrogens is 494 g/mol. The number of hydrogen-bond donors (Lipinski definition) is 2. The van der Waals surface area contributed by atoms with Crippen molar-refractivity contribution < 1.29 is 9.59 Å². The van der Waals surface area contributed by atoms with Crippen LogP contribution in [0.1, 0.15) is 35.6 Å². The van der Waals surface area contributed by atoms with Crippen LogP contribution in [0, 0.1) is 0 Å². The van der Waals surface area contributed by atoms with Gasteiger partial charge in [-0.25, -0.2) is 0 Å². The van der Waals surface area contributed by atoms with Crippen molar-refractivity contribution in [3.05, 3.63) is 113 Å². The minimum absolute atomic E-state index is 0. The topological polar surface area (TPSA) is 61.4 Å². The number of carbonyl (C=O) groups excluding carboxylic acids is 2. The number of aryl methyl sites for hydroxylation is 1. The van der Waals surface area contributed by atoms with Crippen LogP contribution in [0.3, 0.4) is 0 Å². The smallest absolute Gasteiger partial charge is 0.249 e. The van der Waals surface area contributed by atoms with Crippen LogP contribution < -0.4 is 15.5 Å². The molecule has 0 radical (unpaired) electrons. The molecule has 1 heterocycles. The number of amides is 2. The van der Waals surface area contributed by atoms with Crippen LogP contribution in [0.25, 0.3) is 10.8 Å². The van der Waals surface area contributed by atoms with E-state index in [1.165, 1.54) is 16.5 Å². The third-order valence-corrected chi connectivity index (χ3v) is 7.36. The molecule has 4 aromatic rings.